The van der Waals surface area contributed by atoms with Crippen molar-refractivity contribution < 1.29 is 4.74 Å². The highest BCUT2D eigenvalue weighted by Gasteiger charge is 2.42. The molecule has 2 heterocycles. The van der Waals surface area contributed by atoms with E-state index in [0.717, 1.165) is 38.1 Å². The molecular weight excluding hydrogens is 248 g/mol. The lowest BCUT2D eigenvalue weighted by atomic mass is 9.80. The lowest BCUT2D eigenvalue weighted by molar-refractivity contribution is -0.0279. The van der Waals surface area contributed by atoms with Gasteiger partial charge in [0, 0.05) is 37.2 Å². The van der Waals surface area contributed by atoms with Crippen LogP contribution in [0.25, 0.3) is 0 Å². The van der Waals surface area contributed by atoms with Crippen molar-refractivity contribution in [2.75, 3.05) is 13.1 Å². The molecule has 1 fully saturated rings. The van der Waals surface area contributed by atoms with Gasteiger partial charge in [0.25, 0.3) is 0 Å². The quantitative estimate of drug-likeness (QED) is 0.855. The molecule has 2 N–H and O–H groups in total. The Morgan fingerprint density at radius 1 is 1.30 bits per heavy atom. The average molecular weight is 274 g/mol. The van der Waals surface area contributed by atoms with Crippen LogP contribution in [0.2, 0.25) is 0 Å². The Hall–Kier alpha value is -1.06. The Morgan fingerprint density at radius 2 is 2.00 bits per heavy atom. The van der Waals surface area contributed by atoms with Crippen LogP contribution in [0.3, 0.4) is 0 Å². The third-order valence-electron chi connectivity index (χ3n) is 4.92. The molecule has 0 radical (unpaired) electrons. The number of piperidine rings is 1. The topological polar surface area (TPSA) is 38.5 Å². The molecule has 0 amide bonds. The number of likely N-dealkylation sites (tertiary alicyclic amines) is 1. The minimum atomic E-state index is -0.0347. The fraction of sp³-hybridized carbons (Fsp3) is 0.647. The molecule has 3 nitrogen and oxygen atoms in total. The maximum atomic E-state index is 6.42. The number of nitrogens with zero attached hydrogens (tertiary/aromatic N) is 1. The van der Waals surface area contributed by atoms with Crippen LogP contribution in [0.4, 0.5) is 0 Å². The van der Waals surface area contributed by atoms with Gasteiger partial charge in [-0.2, -0.15) is 0 Å². The van der Waals surface area contributed by atoms with E-state index in [1.54, 1.807) is 0 Å². The molecule has 20 heavy (non-hydrogen) atoms. The van der Waals surface area contributed by atoms with Gasteiger partial charge in [0.15, 0.2) is 0 Å². The van der Waals surface area contributed by atoms with Crippen molar-refractivity contribution in [3.05, 3.63) is 29.3 Å². The summed E-state index contributed by atoms with van der Waals surface area (Å²) >= 11 is 0. The molecule has 3 heteroatoms. The zero-order valence-electron chi connectivity index (χ0n) is 12.9. The van der Waals surface area contributed by atoms with E-state index in [4.69, 9.17) is 10.5 Å². The second-order valence-electron chi connectivity index (χ2n) is 6.77. The fourth-order valence-corrected chi connectivity index (χ4v) is 3.59. The molecule has 1 saturated heterocycles. The highest BCUT2D eigenvalue weighted by Crippen LogP contribution is 2.43. The van der Waals surface area contributed by atoms with E-state index in [9.17, 15) is 0 Å². The minimum absolute atomic E-state index is 0.0347. The highest BCUT2D eigenvalue weighted by molar-refractivity contribution is 5.41. The molecular formula is C17H26N2O. The summed E-state index contributed by atoms with van der Waals surface area (Å²) in [5, 5.41) is 0. The number of aryl methyl sites for hydroxylation is 1. The van der Waals surface area contributed by atoms with Crippen LogP contribution < -0.4 is 10.5 Å². The van der Waals surface area contributed by atoms with Gasteiger partial charge in [0.1, 0.15) is 11.4 Å². The summed E-state index contributed by atoms with van der Waals surface area (Å²) in [5.74, 6) is 1.01. The molecule has 0 unspecified atom stereocenters. The number of ether oxygens (including phenoxy) is 1. The van der Waals surface area contributed by atoms with E-state index in [2.05, 4.69) is 43.9 Å². The van der Waals surface area contributed by atoms with Gasteiger partial charge in [-0.25, -0.2) is 0 Å². The molecule has 2 aliphatic rings. The smallest absolute Gasteiger partial charge is 0.124 e. The van der Waals surface area contributed by atoms with Crippen molar-refractivity contribution >= 4 is 0 Å². The van der Waals surface area contributed by atoms with Crippen molar-refractivity contribution in [2.45, 2.75) is 57.7 Å². The van der Waals surface area contributed by atoms with Crippen molar-refractivity contribution in [3.8, 4) is 5.75 Å². The molecule has 0 aromatic heterocycles. The lowest BCUT2D eigenvalue weighted by Crippen LogP contribution is -2.52. The Balaban J connectivity index is 1.80. The molecule has 0 bridgehead atoms. The van der Waals surface area contributed by atoms with E-state index >= 15 is 0 Å². The summed E-state index contributed by atoms with van der Waals surface area (Å²) in [5.41, 5.74) is 8.83. The van der Waals surface area contributed by atoms with Crippen LogP contribution in [-0.4, -0.2) is 29.6 Å². The summed E-state index contributed by atoms with van der Waals surface area (Å²) in [6, 6.07) is 7.13. The van der Waals surface area contributed by atoms with E-state index in [-0.39, 0.29) is 11.6 Å². The average Bonchev–Trinajstić information content (AvgIpc) is 2.40. The summed E-state index contributed by atoms with van der Waals surface area (Å²) in [4.78, 5) is 2.53. The van der Waals surface area contributed by atoms with Gasteiger partial charge < -0.3 is 15.4 Å². The molecule has 1 spiro atoms. The van der Waals surface area contributed by atoms with Gasteiger partial charge in [-0.05, 0) is 39.7 Å². The first kappa shape index (κ1) is 13.9. The predicted molar refractivity (Wildman–Crippen MR) is 82.0 cm³/mol. The first-order valence-electron chi connectivity index (χ1n) is 7.78. The van der Waals surface area contributed by atoms with Gasteiger partial charge >= 0.3 is 0 Å². The zero-order chi connectivity index (χ0) is 14.3. The number of rotatable bonds is 1. The lowest BCUT2D eigenvalue weighted by Gasteiger charge is -2.47. The van der Waals surface area contributed by atoms with E-state index in [0.29, 0.717) is 6.04 Å². The van der Waals surface area contributed by atoms with Gasteiger partial charge in [0.05, 0.1) is 0 Å². The Morgan fingerprint density at radius 3 is 2.65 bits per heavy atom. The minimum Gasteiger partial charge on any atom is -0.487 e. The van der Waals surface area contributed by atoms with Crippen molar-refractivity contribution in [3.63, 3.8) is 0 Å². The Labute approximate surface area is 122 Å². The predicted octanol–water partition coefficient (Wildman–Crippen LogP) is 3.02. The van der Waals surface area contributed by atoms with Crippen LogP contribution in [-0.2, 0) is 0 Å². The summed E-state index contributed by atoms with van der Waals surface area (Å²) in [6.45, 7) is 8.88. The van der Waals surface area contributed by atoms with Crippen LogP contribution in [0.15, 0.2) is 18.2 Å². The molecule has 1 atom stereocenters. The maximum absolute atomic E-state index is 6.42. The monoisotopic (exact) mass is 274 g/mol. The number of nitrogens with two attached hydrogens (primary N) is 1. The molecule has 1 aromatic carbocycles. The van der Waals surface area contributed by atoms with Crippen molar-refractivity contribution in [1.82, 2.24) is 4.90 Å². The number of benzene rings is 1. The number of hydrogen-bond acceptors (Lipinski definition) is 3. The Kier molecular flexibility index (Phi) is 3.51. The van der Waals surface area contributed by atoms with Crippen LogP contribution in [0.5, 0.6) is 5.75 Å². The number of fused-ring (bicyclic) bond motifs is 1. The van der Waals surface area contributed by atoms with Gasteiger partial charge in [0.2, 0.25) is 0 Å². The van der Waals surface area contributed by atoms with E-state index in [1.807, 2.05) is 0 Å². The molecule has 3 rings (SSSR count). The van der Waals surface area contributed by atoms with Gasteiger partial charge in [-0.15, -0.1) is 0 Å². The van der Waals surface area contributed by atoms with Crippen LogP contribution in [0, 0.1) is 6.92 Å². The second-order valence-corrected chi connectivity index (χ2v) is 6.77. The van der Waals surface area contributed by atoms with Crippen molar-refractivity contribution in [1.29, 1.82) is 0 Å². The summed E-state index contributed by atoms with van der Waals surface area (Å²) in [6.07, 6.45) is 3.13. The van der Waals surface area contributed by atoms with Crippen LogP contribution in [0.1, 0.15) is 50.3 Å². The maximum Gasteiger partial charge on any atom is 0.124 e. The first-order valence-corrected chi connectivity index (χ1v) is 7.78. The van der Waals surface area contributed by atoms with Crippen molar-refractivity contribution in [2.24, 2.45) is 5.73 Å². The fourth-order valence-electron chi connectivity index (χ4n) is 3.59. The molecule has 0 saturated carbocycles. The highest BCUT2D eigenvalue weighted by atomic mass is 16.5. The van der Waals surface area contributed by atoms with Gasteiger partial charge in [-0.1, -0.05) is 17.7 Å². The first-order chi connectivity index (χ1) is 9.49. The normalized spacial score (nSPS) is 25.6. The summed E-state index contributed by atoms with van der Waals surface area (Å²) in [7, 11) is 0. The molecule has 2 aliphatic heterocycles. The third kappa shape index (κ3) is 2.45. The van der Waals surface area contributed by atoms with Gasteiger partial charge in [-0.3, -0.25) is 0 Å². The van der Waals surface area contributed by atoms with Crippen LogP contribution >= 0.6 is 0 Å². The molecule has 0 aliphatic carbocycles. The second kappa shape index (κ2) is 5.05. The largest absolute Gasteiger partial charge is 0.487 e. The molecule has 1 aromatic rings. The van der Waals surface area contributed by atoms with E-state index < -0.39 is 0 Å². The molecule has 110 valence electrons. The number of hydrogen-bond donors (Lipinski definition) is 1. The van der Waals surface area contributed by atoms with E-state index in [1.165, 1.54) is 11.1 Å². The SMILES string of the molecule is Cc1ccc2c(c1)[C@H](N)CC1(CCN(C(C)C)CC1)O2. The Bertz CT molecular complexity index is 490. The standard InChI is InChI=1S/C17H26N2O/c1-12(2)19-8-6-17(7-9-19)11-15(18)14-10-13(3)4-5-16(14)20-17/h4-5,10,12,15H,6-9,11,18H2,1-3H3/t15-/m1/s1. The summed E-state index contributed by atoms with van der Waals surface area (Å²) < 4.78 is 6.41. The zero-order valence-corrected chi connectivity index (χ0v) is 12.9. The third-order valence-corrected chi connectivity index (χ3v) is 4.92.